The van der Waals surface area contributed by atoms with Crippen LogP contribution in [0.15, 0.2) is 158 Å². The minimum absolute atomic E-state index is 0.0618. The maximum Gasteiger partial charge on any atom is 0.306 e. The van der Waals surface area contributed by atoms with Gasteiger partial charge in [-0.05, 0) is 96.3 Å². The number of aliphatic hydroxyl groups excluding tert-OH is 5. The zero-order chi connectivity index (χ0) is 61.0. The fourth-order valence-electron chi connectivity index (χ4n) is 9.21. The van der Waals surface area contributed by atoms with E-state index in [0.717, 1.165) is 135 Å². The summed E-state index contributed by atoms with van der Waals surface area (Å²) in [6, 6.07) is -1.05. The summed E-state index contributed by atoms with van der Waals surface area (Å²) in [6.45, 7) is 5.48. The second-order valence-corrected chi connectivity index (χ2v) is 21.9. The highest BCUT2D eigenvalue weighted by atomic mass is 16.7. The van der Waals surface area contributed by atoms with E-state index in [1.54, 1.807) is 6.08 Å². The van der Waals surface area contributed by atoms with Crippen LogP contribution in [0, 0.1) is 0 Å². The molecule has 11 heteroatoms. The molecule has 1 rings (SSSR count). The maximum absolute atomic E-state index is 13.5. The molecular formula is C73H117NO10. The van der Waals surface area contributed by atoms with Gasteiger partial charge in [0, 0.05) is 6.42 Å². The van der Waals surface area contributed by atoms with Crippen molar-refractivity contribution >= 4 is 11.9 Å². The van der Waals surface area contributed by atoms with Gasteiger partial charge in [-0.1, -0.05) is 281 Å². The third kappa shape index (κ3) is 45.6. The lowest BCUT2D eigenvalue weighted by molar-refractivity contribution is -0.305. The molecule has 0 aromatic rings. The molecule has 6 N–H and O–H groups in total. The average molecular weight is 1170 g/mol. The molecule has 1 aliphatic rings. The van der Waals surface area contributed by atoms with Gasteiger partial charge in [-0.15, -0.1) is 0 Å². The Morgan fingerprint density at radius 3 is 1.43 bits per heavy atom. The van der Waals surface area contributed by atoms with Gasteiger partial charge in [0.2, 0.25) is 5.91 Å². The number of esters is 1. The fourth-order valence-corrected chi connectivity index (χ4v) is 9.21. The topological polar surface area (TPSA) is 175 Å². The lowest BCUT2D eigenvalue weighted by Crippen LogP contribution is -2.61. The highest BCUT2D eigenvalue weighted by Crippen LogP contribution is 2.26. The molecule has 0 aromatic heterocycles. The number of aliphatic hydroxyl groups is 5. The Bertz CT molecular complexity index is 1970. The molecule has 84 heavy (non-hydrogen) atoms. The first-order valence-electron chi connectivity index (χ1n) is 32.8. The zero-order valence-electron chi connectivity index (χ0n) is 52.4. The molecule has 8 unspecified atom stereocenters. The Labute approximate surface area is 510 Å². The molecule has 0 radical (unpaired) electrons. The number of unbranched alkanes of at least 4 members (excludes halogenated alkanes) is 20. The first-order chi connectivity index (χ1) is 41.2. The number of ether oxygens (including phenoxy) is 3. The van der Waals surface area contributed by atoms with Gasteiger partial charge in [-0.2, -0.15) is 0 Å². The van der Waals surface area contributed by atoms with E-state index < -0.39 is 67.4 Å². The highest BCUT2D eigenvalue weighted by Gasteiger charge is 2.47. The Morgan fingerprint density at radius 2 is 0.917 bits per heavy atom. The minimum Gasteiger partial charge on any atom is -0.454 e. The van der Waals surface area contributed by atoms with Crippen LogP contribution >= 0.6 is 0 Å². The van der Waals surface area contributed by atoms with Gasteiger partial charge in [-0.25, -0.2) is 0 Å². The van der Waals surface area contributed by atoms with E-state index in [9.17, 15) is 35.1 Å². The molecule has 1 fully saturated rings. The molecular weight excluding hydrogens is 1050 g/mol. The molecule has 0 bridgehead atoms. The van der Waals surface area contributed by atoms with Crippen LogP contribution in [-0.4, -0.2) is 99.6 Å². The number of allylic oxidation sites excluding steroid dienone is 25. The van der Waals surface area contributed by atoms with Crippen LogP contribution in [0.25, 0.3) is 0 Å². The fraction of sp³-hybridized carbons (Fsp3) is 0.616. The van der Waals surface area contributed by atoms with E-state index in [4.69, 9.17) is 14.2 Å². The van der Waals surface area contributed by atoms with E-state index in [2.05, 4.69) is 111 Å². The Morgan fingerprint density at radius 1 is 0.488 bits per heavy atom. The largest absolute Gasteiger partial charge is 0.454 e. The molecule has 1 saturated heterocycles. The second kappa shape index (κ2) is 58.7. The smallest absolute Gasteiger partial charge is 0.306 e. The normalized spacial score (nSPS) is 19.5. The van der Waals surface area contributed by atoms with Crippen LogP contribution in [0.5, 0.6) is 0 Å². The number of hydrogen-bond acceptors (Lipinski definition) is 10. The van der Waals surface area contributed by atoms with Gasteiger partial charge in [-0.3, -0.25) is 9.59 Å². The zero-order valence-corrected chi connectivity index (χ0v) is 52.4. The van der Waals surface area contributed by atoms with Gasteiger partial charge in [0.15, 0.2) is 12.4 Å². The molecule has 1 aliphatic heterocycles. The molecule has 1 heterocycles. The third-order valence-electron chi connectivity index (χ3n) is 14.3. The van der Waals surface area contributed by atoms with E-state index in [1.807, 2.05) is 66.8 Å². The molecule has 0 aliphatic carbocycles. The van der Waals surface area contributed by atoms with Crippen molar-refractivity contribution in [3.63, 3.8) is 0 Å². The van der Waals surface area contributed by atoms with Crippen LogP contribution < -0.4 is 5.32 Å². The van der Waals surface area contributed by atoms with Crippen molar-refractivity contribution in [3.05, 3.63) is 158 Å². The van der Waals surface area contributed by atoms with Crippen LogP contribution in [0.2, 0.25) is 0 Å². The highest BCUT2D eigenvalue weighted by molar-refractivity contribution is 5.80. The molecule has 0 saturated carbocycles. The first kappa shape index (κ1) is 77.3. The number of amides is 1. The summed E-state index contributed by atoms with van der Waals surface area (Å²) in [6.07, 6.45) is 75.6. The first-order valence-corrected chi connectivity index (χ1v) is 32.8. The molecule has 1 amide bonds. The summed E-state index contributed by atoms with van der Waals surface area (Å²) in [7, 11) is 0. The van der Waals surface area contributed by atoms with E-state index in [0.29, 0.717) is 12.8 Å². The van der Waals surface area contributed by atoms with Crippen LogP contribution in [0.1, 0.15) is 226 Å². The van der Waals surface area contributed by atoms with Crippen LogP contribution in [0.3, 0.4) is 0 Å². The lowest BCUT2D eigenvalue weighted by atomic mass is 9.99. The monoisotopic (exact) mass is 1170 g/mol. The molecule has 474 valence electrons. The van der Waals surface area contributed by atoms with Crippen LogP contribution in [0.4, 0.5) is 0 Å². The number of rotatable bonds is 53. The second-order valence-electron chi connectivity index (χ2n) is 21.9. The van der Waals surface area contributed by atoms with Crippen molar-refractivity contribution in [1.82, 2.24) is 5.32 Å². The van der Waals surface area contributed by atoms with Gasteiger partial charge >= 0.3 is 5.97 Å². The summed E-state index contributed by atoms with van der Waals surface area (Å²) in [5.74, 6) is -1.26. The maximum atomic E-state index is 13.5. The standard InChI is InChI=1S/C73H117NO10/c1-4-7-10-13-16-19-22-25-27-29-30-31-32-33-34-35-36-37-39-40-42-45-48-51-54-57-60-66(77)72(81)74-64(65(76)59-56-53-50-47-44-24-21-18-15-12-9-6-3)63-82-73-71(70(80)69(79)67(62-75)83-73)84-68(78)61-58-55-52-49-46-43-41-38-28-26-23-20-17-14-11-8-5-2/h7-8,10-11,14,16-17,19-20,23,25-28,30-31,33-34,36-38,41,43,46,56,59,64-67,69-71,73,75-77,79-80H,4-6,9,12-13,15,18,21-22,24,29,32,35,39-40,42,44-45,47-55,57-58,60-63H2,1-3H3,(H,74,81)/b10-7-,11-8-,17-14+,19-16-,23-20+,27-25-,28-26-,31-30-,34-33-,37-36-,41-38+,46-43+,59-56+. The number of hydrogen-bond donors (Lipinski definition) is 6. The van der Waals surface area contributed by atoms with Gasteiger partial charge in [0.1, 0.15) is 24.4 Å². The number of nitrogens with one attached hydrogen (secondary N) is 1. The summed E-state index contributed by atoms with van der Waals surface area (Å²) >= 11 is 0. The minimum atomic E-state index is -1.65. The van der Waals surface area contributed by atoms with Gasteiger partial charge in [0.05, 0.1) is 25.4 Å². The van der Waals surface area contributed by atoms with Gasteiger partial charge in [0.25, 0.3) is 0 Å². The number of carbonyl (C=O) groups excluding carboxylic acids is 2. The van der Waals surface area contributed by atoms with Crippen LogP contribution in [-0.2, 0) is 23.8 Å². The van der Waals surface area contributed by atoms with Crippen molar-refractivity contribution in [2.24, 2.45) is 0 Å². The van der Waals surface area contributed by atoms with E-state index in [1.165, 1.54) is 44.9 Å². The Kier molecular flexibility index (Phi) is 54.0. The Hall–Kier alpha value is -4.72. The predicted octanol–water partition coefficient (Wildman–Crippen LogP) is 16.3. The Balaban J connectivity index is 2.66. The molecule has 0 aromatic carbocycles. The third-order valence-corrected chi connectivity index (χ3v) is 14.3. The van der Waals surface area contributed by atoms with Crippen molar-refractivity contribution in [1.29, 1.82) is 0 Å². The van der Waals surface area contributed by atoms with Gasteiger partial charge < -0.3 is 45.1 Å². The van der Waals surface area contributed by atoms with E-state index in [-0.39, 0.29) is 19.4 Å². The molecule has 11 nitrogen and oxygen atoms in total. The predicted molar refractivity (Wildman–Crippen MR) is 351 cm³/mol. The quantitative estimate of drug-likeness (QED) is 0.0149. The van der Waals surface area contributed by atoms with Crippen molar-refractivity contribution in [2.75, 3.05) is 13.2 Å². The molecule has 0 spiro atoms. The van der Waals surface area contributed by atoms with E-state index >= 15 is 0 Å². The van der Waals surface area contributed by atoms with Crippen molar-refractivity contribution in [2.45, 2.75) is 275 Å². The summed E-state index contributed by atoms with van der Waals surface area (Å²) in [4.78, 5) is 26.6. The summed E-state index contributed by atoms with van der Waals surface area (Å²) < 4.78 is 17.6. The summed E-state index contributed by atoms with van der Waals surface area (Å²) in [5, 5.41) is 57.1. The molecule has 8 atom stereocenters. The lowest BCUT2D eigenvalue weighted by Gasteiger charge is -2.41. The number of carbonyl (C=O) groups is 2. The SMILES string of the molecule is CC\C=C/C=C/C=C/C=C\C=C\C=C\CCCCCC(=O)OC1C(OCC(NC(=O)C(O)CCCCCCCCC/C=C\C/C=C\C/C=C\C/C=C\C/C=C\C/C=C\CC)C(O)/C=C/CCCCCCCCCCCC)OC(CO)C(O)C1O. The summed E-state index contributed by atoms with van der Waals surface area (Å²) in [5.41, 5.74) is 0. The van der Waals surface area contributed by atoms with Crippen molar-refractivity contribution in [3.8, 4) is 0 Å². The van der Waals surface area contributed by atoms with Crippen molar-refractivity contribution < 1.29 is 49.3 Å². The average Bonchev–Trinajstić information content (AvgIpc) is 3.69.